The van der Waals surface area contributed by atoms with Gasteiger partial charge in [0.1, 0.15) is 0 Å². The Bertz CT molecular complexity index is 790. The van der Waals surface area contributed by atoms with E-state index in [9.17, 15) is 18.4 Å². The van der Waals surface area contributed by atoms with Crippen LogP contribution in [0.25, 0.3) is 0 Å². The molecule has 1 saturated heterocycles. The van der Waals surface area contributed by atoms with Crippen molar-refractivity contribution in [1.82, 2.24) is 5.32 Å². The minimum Gasteiger partial charge on any atom is -0.347 e. The van der Waals surface area contributed by atoms with Crippen molar-refractivity contribution in [3.63, 3.8) is 0 Å². The zero-order valence-corrected chi connectivity index (χ0v) is 13.1. The highest BCUT2D eigenvalue weighted by Gasteiger charge is 2.31. The third kappa shape index (κ3) is 3.27. The van der Waals surface area contributed by atoms with Crippen LogP contribution in [0.2, 0.25) is 0 Å². The van der Waals surface area contributed by atoms with Crippen LogP contribution in [0.5, 0.6) is 0 Å². The third-order valence-corrected chi connectivity index (χ3v) is 3.99. The molecular formula is C18H16F2N2O2. The first-order valence-electron chi connectivity index (χ1n) is 7.57. The molecule has 2 aromatic rings. The summed E-state index contributed by atoms with van der Waals surface area (Å²) in [5.41, 5.74) is 1.89. The highest BCUT2D eigenvalue weighted by Crippen LogP contribution is 2.22. The fourth-order valence-corrected chi connectivity index (χ4v) is 2.68. The lowest BCUT2D eigenvalue weighted by Crippen LogP contribution is -2.37. The summed E-state index contributed by atoms with van der Waals surface area (Å²) < 4.78 is 26.1. The maximum absolute atomic E-state index is 13.2. The fourth-order valence-electron chi connectivity index (χ4n) is 2.68. The second-order valence-corrected chi connectivity index (χ2v) is 5.84. The van der Waals surface area contributed by atoms with Gasteiger partial charge in [-0.15, -0.1) is 0 Å². The highest BCUT2D eigenvalue weighted by atomic mass is 19.2. The van der Waals surface area contributed by atoms with Crippen molar-refractivity contribution >= 4 is 17.5 Å². The molecule has 3 rings (SSSR count). The molecular weight excluding hydrogens is 314 g/mol. The Hall–Kier alpha value is -2.76. The van der Waals surface area contributed by atoms with E-state index in [1.54, 1.807) is 4.90 Å². The Kier molecular flexibility index (Phi) is 4.29. The highest BCUT2D eigenvalue weighted by molar-refractivity contribution is 5.98. The van der Waals surface area contributed by atoms with E-state index in [0.717, 1.165) is 23.4 Å². The third-order valence-electron chi connectivity index (χ3n) is 3.99. The van der Waals surface area contributed by atoms with E-state index < -0.39 is 17.5 Å². The number of benzene rings is 2. The molecule has 2 aromatic carbocycles. The molecule has 124 valence electrons. The largest absolute Gasteiger partial charge is 0.347 e. The predicted octanol–water partition coefficient (Wildman–Crippen LogP) is 2.81. The summed E-state index contributed by atoms with van der Waals surface area (Å²) in [6.45, 7) is 2.30. The zero-order chi connectivity index (χ0) is 17.3. The Morgan fingerprint density at radius 3 is 2.50 bits per heavy atom. The first-order valence-corrected chi connectivity index (χ1v) is 7.57. The minimum absolute atomic E-state index is 0.0233. The SMILES string of the molecule is Cc1ccc(N2CC(NC(=O)c3ccc(F)c(F)c3)CC2=O)cc1. The number of halogens is 2. The minimum atomic E-state index is -1.08. The summed E-state index contributed by atoms with van der Waals surface area (Å²) in [5, 5.41) is 2.69. The molecule has 0 saturated carbocycles. The number of carbonyl (C=O) groups is 2. The second kappa shape index (κ2) is 6.39. The molecule has 24 heavy (non-hydrogen) atoms. The number of amides is 2. The van der Waals surface area contributed by atoms with Gasteiger partial charge in [-0.2, -0.15) is 0 Å². The van der Waals surface area contributed by atoms with Crippen molar-refractivity contribution in [3.05, 3.63) is 65.2 Å². The van der Waals surface area contributed by atoms with Crippen LogP contribution >= 0.6 is 0 Å². The van der Waals surface area contributed by atoms with E-state index in [1.165, 1.54) is 6.07 Å². The van der Waals surface area contributed by atoms with Gasteiger partial charge in [0, 0.05) is 24.2 Å². The summed E-state index contributed by atoms with van der Waals surface area (Å²) >= 11 is 0. The van der Waals surface area contributed by atoms with Gasteiger partial charge in [-0.3, -0.25) is 9.59 Å². The maximum atomic E-state index is 13.2. The van der Waals surface area contributed by atoms with Crippen LogP contribution in [0, 0.1) is 18.6 Å². The normalized spacial score (nSPS) is 17.2. The molecule has 4 nitrogen and oxygen atoms in total. The first-order chi connectivity index (χ1) is 11.4. The molecule has 1 unspecified atom stereocenters. The van der Waals surface area contributed by atoms with Gasteiger partial charge in [0.05, 0.1) is 6.04 Å². The molecule has 0 bridgehead atoms. The van der Waals surface area contributed by atoms with Gasteiger partial charge in [-0.05, 0) is 37.3 Å². The topological polar surface area (TPSA) is 49.4 Å². The Morgan fingerprint density at radius 2 is 1.83 bits per heavy atom. The number of aryl methyl sites for hydroxylation is 1. The lowest BCUT2D eigenvalue weighted by molar-refractivity contribution is -0.117. The van der Waals surface area contributed by atoms with Crippen LogP contribution in [0.4, 0.5) is 14.5 Å². The molecule has 1 heterocycles. The first kappa shape index (κ1) is 16.1. The van der Waals surface area contributed by atoms with Gasteiger partial charge >= 0.3 is 0 Å². The van der Waals surface area contributed by atoms with Gasteiger partial charge in [-0.25, -0.2) is 8.78 Å². The number of rotatable bonds is 3. The van der Waals surface area contributed by atoms with E-state index in [-0.39, 0.29) is 23.9 Å². The smallest absolute Gasteiger partial charge is 0.251 e. The number of carbonyl (C=O) groups excluding carboxylic acids is 2. The van der Waals surface area contributed by atoms with Gasteiger partial charge in [-0.1, -0.05) is 17.7 Å². The summed E-state index contributed by atoms with van der Waals surface area (Å²) in [5.74, 6) is -2.70. The Morgan fingerprint density at radius 1 is 1.12 bits per heavy atom. The predicted molar refractivity (Wildman–Crippen MR) is 85.8 cm³/mol. The fraction of sp³-hybridized carbons (Fsp3) is 0.222. The second-order valence-electron chi connectivity index (χ2n) is 5.84. The van der Waals surface area contributed by atoms with E-state index in [1.807, 2.05) is 31.2 Å². The number of nitrogens with zero attached hydrogens (tertiary/aromatic N) is 1. The molecule has 0 aliphatic carbocycles. The van der Waals surface area contributed by atoms with Crippen LogP contribution in [-0.4, -0.2) is 24.4 Å². The number of hydrogen-bond acceptors (Lipinski definition) is 2. The van der Waals surface area contributed by atoms with Crippen LogP contribution in [0.15, 0.2) is 42.5 Å². The average molecular weight is 330 g/mol. The molecule has 1 N–H and O–H groups in total. The average Bonchev–Trinajstić information content (AvgIpc) is 2.91. The van der Waals surface area contributed by atoms with Crippen molar-refractivity contribution in [2.24, 2.45) is 0 Å². The van der Waals surface area contributed by atoms with E-state index in [0.29, 0.717) is 6.54 Å². The van der Waals surface area contributed by atoms with Crippen LogP contribution in [0.1, 0.15) is 22.3 Å². The number of hydrogen-bond donors (Lipinski definition) is 1. The molecule has 0 aromatic heterocycles. The number of anilines is 1. The summed E-state index contributed by atoms with van der Waals surface area (Å²) in [7, 11) is 0. The van der Waals surface area contributed by atoms with E-state index in [4.69, 9.17) is 0 Å². The standard InChI is InChI=1S/C18H16F2N2O2/c1-11-2-5-14(6-3-11)22-10-13(9-17(22)23)21-18(24)12-4-7-15(19)16(20)8-12/h2-8,13H,9-10H2,1H3,(H,21,24). The molecule has 1 fully saturated rings. The molecule has 2 amide bonds. The molecule has 1 aliphatic heterocycles. The van der Waals surface area contributed by atoms with Crippen molar-refractivity contribution in [3.8, 4) is 0 Å². The maximum Gasteiger partial charge on any atom is 0.251 e. The summed E-state index contributed by atoms with van der Waals surface area (Å²) in [6, 6.07) is 10.1. The van der Waals surface area contributed by atoms with Gasteiger partial charge in [0.2, 0.25) is 5.91 Å². The summed E-state index contributed by atoms with van der Waals surface area (Å²) in [6.07, 6.45) is 0.170. The van der Waals surface area contributed by atoms with Gasteiger partial charge < -0.3 is 10.2 Å². The lowest BCUT2D eigenvalue weighted by atomic mass is 10.1. The molecule has 0 spiro atoms. The monoisotopic (exact) mass is 330 g/mol. The van der Waals surface area contributed by atoms with E-state index in [2.05, 4.69) is 5.32 Å². The number of nitrogens with one attached hydrogen (secondary N) is 1. The van der Waals surface area contributed by atoms with Crippen LogP contribution in [0.3, 0.4) is 0 Å². The molecule has 0 radical (unpaired) electrons. The van der Waals surface area contributed by atoms with Crippen molar-refractivity contribution in [2.45, 2.75) is 19.4 Å². The zero-order valence-electron chi connectivity index (χ0n) is 13.1. The van der Waals surface area contributed by atoms with Crippen molar-refractivity contribution in [1.29, 1.82) is 0 Å². The molecule has 6 heteroatoms. The Balaban J connectivity index is 1.68. The Labute approximate surface area is 138 Å². The lowest BCUT2D eigenvalue weighted by Gasteiger charge is -2.17. The quantitative estimate of drug-likeness (QED) is 0.941. The van der Waals surface area contributed by atoms with Crippen molar-refractivity contribution < 1.29 is 18.4 Å². The van der Waals surface area contributed by atoms with Crippen LogP contribution in [-0.2, 0) is 4.79 Å². The van der Waals surface area contributed by atoms with Gasteiger partial charge in [0.25, 0.3) is 5.91 Å². The molecule has 1 aliphatic rings. The summed E-state index contributed by atoms with van der Waals surface area (Å²) in [4.78, 5) is 25.9. The van der Waals surface area contributed by atoms with Gasteiger partial charge in [0.15, 0.2) is 11.6 Å². The van der Waals surface area contributed by atoms with Crippen molar-refractivity contribution in [2.75, 3.05) is 11.4 Å². The van der Waals surface area contributed by atoms with E-state index >= 15 is 0 Å². The molecule has 1 atom stereocenters. The van der Waals surface area contributed by atoms with Crippen LogP contribution < -0.4 is 10.2 Å².